The van der Waals surface area contributed by atoms with Crippen molar-refractivity contribution in [3.63, 3.8) is 0 Å². The summed E-state index contributed by atoms with van der Waals surface area (Å²) in [5, 5.41) is 13.5. The standard InChI is InChI=1S/C13H16BrN3O/c1-17-13(15-9-16-17)7-10(8-18)6-11-4-2-3-5-12(11)14/h2-5,9-10,18H,6-8H2,1H3. The van der Waals surface area contributed by atoms with Gasteiger partial charge in [0, 0.05) is 24.5 Å². The Morgan fingerprint density at radius 3 is 2.72 bits per heavy atom. The van der Waals surface area contributed by atoms with Crippen LogP contribution in [0.25, 0.3) is 0 Å². The minimum atomic E-state index is 0.147. The van der Waals surface area contributed by atoms with Crippen molar-refractivity contribution in [2.45, 2.75) is 12.8 Å². The second-order valence-electron chi connectivity index (χ2n) is 4.35. The van der Waals surface area contributed by atoms with E-state index in [9.17, 15) is 5.11 Å². The predicted molar refractivity (Wildman–Crippen MR) is 73.1 cm³/mol. The molecule has 96 valence electrons. The van der Waals surface area contributed by atoms with E-state index in [1.807, 2.05) is 25.2 Å². The number of aryl methyl sites for hydroxylation is 1. The van der Waals surface area contributed by atoms with Gasteiger partial charge in [0.25, 0.3) is 0 Å². The molecule has 0 aliphatic rings. The van der Waals surface area contributed by atoms with Crippen molar-refractivity contribution >= 4 is 15.9 Å². The highest BCUT2D eigenvalue weighted by atomic mass is 79.9. The van der Waals surface area contributed by atoms with Gasteiger partial charge in [-0.15, -0.1) is 0 Å². The van der Waals surface area contributed by atoms with Gasteiger partial charge in [-0.1, -0.05) is 34.1 Å². The smallest absolute Gasteiger partial charge is 0.138 e. The molecule has 0 aliphatic carbocycles. The van der Waals surface area contributed by atoms with E-state index in [0.717, 1.165) is 23.1 Å². The number of benzene rings is 1. The fourth-order valence-electron chi connectivity index (χ4n) is 1.94. The van der Waals surface area contributed by atoms with E-state index < -0.39 is 0 Å². The van der Waals surface area contributed by atoms with Crippen LogP contribution in [0, 0.1) is 5.92 Å². The van der Waals surface area contributed by atoms with Gasteiger partial charge in [0.15, 0.2) is 0 Å². The highest BCUT2D eigenvalue weighted by Gasteiger charge is 2.14. The fourth-order valence-corrected chi connectivity index (χ4v) is 2.39. The highest BCUT2D eigenvalue weighted by molar-refractivity contribution is 9.10. The maximum atomic E-state index is 9.50. The Morgan fingerprint density at radius 2 is 2.11 bits per heavy atom. The summed E-state index contributed by atoms with van der Waals surface area (Å²) in [7, 11) is 1.87. The average molecular weight is 310 g/mol. The molecule has 0 bridgehead atoms. The van der Waals surface area contributed by atoms with E-state index in [4.69, 9.17) is 0 Å². The molecule has 0 saturated carbocycles. The topological polar surface area (TPSA) is 50.9 Å². The van der Waals surface area contributed by atoms with E-state index in [-0.39, 0.29) is 12.5 Å². The van der Waals surface area contributed by atoms with Gasteiger partial charge < -0.3 is 5.11 Å². The lowest BCUT2D eigenvalue weighted by Crippen LogP contribution is -2.16. The third kappa shape index (κ3) is 3.17. The zero-order chi connectivity index (χ0) is 13.0. The monoisotopic (exact) mass is 309 g/mol. The number of hydrogen-bond acceptors (Lipinski definition) is 3. The lowest BCUT2D eigenvalue weighted by atomic mass is 9.96. The van der Waals surface area contributed by atoms with Crippen LogP contribution in [0.15, 0.2) is 35.1 Å². The van der Waals surface area contributed by atoms with Crippen LogP contribution >= 0.6 is 15.9 Å². The van der Waals surface area contributed by atoms with Crippen molar-refractivity contribution in [1.82, 2.24) is 14.8 Å². The lowest BCUT2D eigenvalue weighted by molar-refractivity contribution is 0.222. The number of aromatic nitrogens is 3. The molecule has 4 nitrogen and oxygen atoms in total. The number of nitrogens with zero attached hydrogens (tertiary/aromatic N) is 3. The Bertz CT molecular complexity index is 512. The van der Waals surface area contributed by atoms with Crippen LogP contribution in [-0.2, 0) is 19.9 Å². The van der Waals surface area contributed by atoms with E-state index in [1.54, 1.807) is 11.0 Å². The van der Waals surface area contributed by atoms with Crippen LogP contribution < -0.4 is 0 Å². The second-order valence-corrected chi connectivity index (χ2v) is 5.20. The molecule has 2 rings (SSSR count). The first kappa shape index (κ1) is 13.2. The predicted octanol–water partition coefficient (Wildman–Crippen LogP) is 1.97. The van der Waals surface area contributed by atoms with Crippen LogP contribution in [-0.4, -0.2) is 26.5 Å². The van der Waals surface area contributed by atoms with Crippen molar-refractivity contribution < 1.29 is 5.11 Å². The summed E-state index contributed by atoms with van der Waals surface area (Å²) in [6.45, 7) is 0.147. The number of halogens is 1. The zero-order valence-electron chi connectivity index (χ0n) is 10.3. The van der Waals surface area contributed by atoms with Crippen LogP contribution in [0.5, 0.6) is 0 Å². The molecule has 5 heteroatoms. The average Bonchev–Trinajstić information content (AvgIpc) is 2.77. The van der Waals surface area contributed by atoms with Crippen molar-refractivity contribution in [2.75, 3.05) is 6.61 Å². The number of aliphatic hydroxyl groups is 1. The van der Waals surface area contributed by atoms with Crippen LogP contribution in [0.1, 0.15) is 11.4 Å². The Labute approximate surface area is 115 Å². The van der Waals surface area contributed by atoms with Crippen molar-refractivity contribution in [3.8, 4) is 0 Å². The Kier molecular flexibility index (Phi) is 4.49. The largest absolute Gasteiger partial charge is 0.396 e. The Balaban J connectivity index is 2.06. The molecule has 0 radical (unpaired) electrons. The van der Waals surface area contributed by atoms with Crippen LogP contribution in [0.4, 0.5) is 0 Å². The minimum Gasteiger partial charge on any atom is -0.396 e. The van der Waals surface area contributed by atoms with E-state index in [1.165, 1.54) is 5.56 Å². The molecule has 1 aromatic carbocycles. The maximum absolute atomic E-state index is 9.50. The molecule has 1 heterocycles. The molecule has 0 spiro atoms. The van der Waals surface area contributed by atoms with E-state index in [2.05, 4.69) is 32.1 Å². The van der Waals surface area contributed by atoms with Crippen LogP contribution in [0.3, 0.4) is 0 Å². The Hall–Kier alpha value is -1.20. The van der Waals surface area contributed by atoms with Gasteiger partial charge >= 0.3 is 0 Å². The number of hydrogen-bond donors (Lipinski definition) is 1. The molecule has 0 aliphatic heterocycles. The first-order valence-electron chi connectivity index (χ1n) is 5.88. The molecule has 1 N–H and O–H groups in total. The van der Waals surface area contributed by atoms with E-state index >= 15 is 0 Å². The molecule has 0 saturated heterocycles. The summed E-state index contributed by atoms with van der Waals surface area (Å²) in [5.74, 6) is 1.06. The number of rotatable bonds is 5. The molecule has 1 unspecified atom stereocenters. The molecule has 18 heavy (non-hydrogen) atoms. The van der Waals surface area contributed by atoms with Gasteiger partial charge in [-0.05, 0) is 24.0 Å². The van der Waals surface area contributed by atoms with E-state index in [0.29, 0.717) is 0 Å². The van der Waals surface area contributed by atoms with Crippen molar-refractivity contribution in [1.29, 1.82) is 0 Å². The third-order valence-corrected chi connectivity index (χ3v) is 3.77. The molecule has 0 amide bonds. The summed E-state index contributed by atoms with van der Waals surface area (Å²) < 4.78 is 2.84. The molecule has 2 aromatic rings. The van der Waals surface area contributed by atoms with Gasteiger partial charge in [-0.25, -0.2) is 4.98 Å². The highest BCUT2D eigenvalue weighted by Crippen LogP contribution is 2.20. The fraction of sp³-hybridized carbons (Fsp3) is 0.385. The molecule has 1 atom stereocenters. The SMILES string of the molecule is Cn1ncnc1CC(CO)Cc1ccccc1Br. The first-order chi connectivity index (χ1) is 8.70. The lowest BCUT2D eigenvalue weighted by Gasteiger charge is -2.14. The maximum Gasteiger partial charge on any atom is 0.138 e. The van der Waals surface area contributed by atoms with Crippen molar-refractivity contribution in [2.24, 2.45) is 13.0 Å². The van der Waals surface area contributed by atoms with Crippen molar-refractivity contribution in [3.05, 3.63) is 46.5 Å². The first-order valence-corrected chi connectivity index (χ1v) is 6.67. The Morgan fingerprint density at radius 1 is 1.33 bits per heavy atom. The molecule has 1 aromatic heterocycles. The van der Waals surface area contributed by atoms with Crippen LogP contribution in [0.2, 0.25) is 0 Å². The zero-order valence-corrected chi connectivity index (χ0v) is 11.8. The van der Waals surface area contributed by atoms with Gasteiger partial charge in [0.2, 0.25) is 0 Å². The summed E-state index contributed by atoms with van der Waals surface area (Å²) in [4.78, 5) is 4.20. The summed E-state index contributed by atoms with van der Waals surface area (Å²) in [5.41, 5.74) is 1.21. The third-order valence-electron chi connectivity index (χ3n) is 3.00. The number of aliphatic hydroxyl groups excluding tert-OH is 1. The molecular weight excluding hydrogens is 294 g/mol. The normalized spacial score (nSPS) is 12.6. The van der Waals surface area contributed by atoms with Gasteiger partial charge in [-0.2, -0.15) is 5.10 Å². The summed E-state index contributed by atoms with van der Waals surface area (Å²) in [6.07, 6.45) is 3.10. The summed E-state index contributed by atoms with van der Waals surface area (Å²) >= 11 is 3.53. The quantitative estimate of drug-likeness (QED) is 0.918. The molecular formula is C13H16BrN3O. The second kappa shape index (κ2) is 6.11. The van der Waals surface area contributed by atoms with Gasteiger partial charge in [0.05, 0.1) is 0 Å². The molecule has 0 fully saturated rings. The minimum absolute atomic E-state index is 0.147. The van der Waals surface area contributed by atoms with Gasteiger partial charge in [-0.3, -0.25) is 4.68 Å². The van der Waals surface area contributed by atoms with Gasteiger partial charge in [0.1, 0.15) is 12.2 Å². The summed E-state index contributed by atoms with van der Waals surface area (Å²) in [6, 6.07) is 8.09.